The lowest BCUT2D eigenvalue weighted by molar-refractivity contribution is 0.0951. The van der Waals surface area contributed by atoms with Gasteiger partial charge in [0.1, 0.15) is 0 Å². The molecule has 5 heteroatoms. The molecular weight excluding hydrogens is 286 g/mol. The Morgan fingerprint density at radius 1 is 1.19 bits per heavy atom. The molecule has 2 unspecified atom stereocenters. The molecule has 2 atom stereocenters. The number of carbonyl (C=O) groups excluding carboxylic acids is 1. The number of hydrogen-bond acceptors (Lipinski definition) is 3. The Morgan fingerprint density at radius 3 is 2.38 bits per heavy atom. The summed E-state index contributed by atoms with van der Waals surface area (Å²) in [5, 5.41) is 0. The molecule has 2 saturated carbocycles. The standard InChI is InChI=1S/C16H21NO3S/c1-2-10-21(19,20)17-12-8-6-11(7-9-12)16(18)15-13-4-3-5-14(13)15/h6-9,13-15,17H,2-5,10H2,1H3. The maximum Gasteiger partial charge on any atom is 0.232 e. The molecule has 0 saturated heterocycles. The average Bonchev–Trinajstić information content (AvgIpc) is 2.91. The Hall–Kier alpha value is -1.36. The van der Waals surface area contributed by atoms with E-state index >= 15 is 0 Å². The van der Waals surface area contributed by atoms with E-state index in [0.29, 0.717) is 29.5 Å². The second-order valence-electron chi connectivity index (χ2n) is 6.15. The third-order valence-electron chi connectivity index (χ3n) is 4.62. The van der Waals surface area contributed by atoms with Gasteiger partial charge in [0, 0.05) is 17.2 Å². The second-order valence-corrected chi connectivity index (χ2v) is 7.99. The molecule has 0 heterocycles. The van der Waals surface area contributed by atoms with Crippen LogP contribution in [0.4, 0.5) is 5.69 Å². The fourth-order valence-corrected chi connectivity index (χ4v) is 4.74. The molecule has 0 amide bonds. The molecule has 1 N–H and O–H groups in total. The van der Waals surface area contributed by atoms with Crippen molar-refractivity contribution in [2.45, 2.75) is 32.6 Å². The van der Waals surface area contributed by atoms with Crippen molar-refractivity contribution in [1.82, 2.24) is 0 Å². The lowest BCUT2D eigenvalue weighted by atomic mass is 10.0. The van der Waals surface area contributed by atoms with Crippen molar-refractivity contribution in [3.05, 3.63) is 29.8 Å². The molecule has 2 fully saturated rings. The fraction of sp³-hybridized carbons (Fsp3) is 0.562. The van der Waals surface area contributed by atoms with Crippen molar-refractivity contribution in [2.24, 2.45) is 17.8 Å². The predicted octanol–water partition coefficient (Wildman–Crippen LogP) is 3.07. The van der Waals surface area contributed by atoms with Gasteiger partial charge in [-0.3, -0.25) is 9.52 Å². The zero-order valence-electron chi connectivity index (χ0n) is 12.2. The highest BCUT2D eigenvalue weighted by Gasteiger charge is 2.56. The summed E-state index contributed by atoms with van der Waals surface area (Å²) in [5.74, 6) is 1.79. The van der Waals surface area contributed by atoms with E-state index < -0.39 is 10.0 Å². The van der Waals surface area contributed by atoms with E-state index in [1.54, 1.807) is 24.3 Å². The molecular formula is C16H21NO3S. The SMILES string of the molecule is CCCS(=O)(=O)Nc1ccc(C(=O)C2C3CCCC32)cc1. The molecule has 0 spiro atoms. The Balaban J connectivity index is 1.66. The van der Waals surface area contributed by atoms with E-state index in [0.717, 1.165) is 0 Å². The minimum Gasteiger partial charge on any atom is -0.294 e. The van der Waals surface area contributed by atoms with E-state index in [4.69, 9.17) is 0 Å². The van der Waals surface area contributed by atoms with Crippen molar-refractivity contribution in [1.29, 1.82) is 0 Å². The first-order valence-electron chi connectivity index (χ1n) is 7.66. The molecule has 2 aliphatic carbocycles. The molecule has 114 valence electrons. The summed E-state index contributed by atoms with van der Waals surface area (Å²) in [6.45, 7) is 1.83. The lowest BCUT2D eigenvalue weighted by Gasteiger charge is -2.08. The van der Waals surface area contributed by atoms with E-state index in [-0.39, 0.29) is 17.5 Å². The molecule has 0 aromatic heterocycles. The lowest BCUT2D eigenvalue weighted by Crippen LogP contribution is -2.16. The van der Waals surface area contributed by atoms with Gasteiger partial charge in [0.05, 0.1) is 5.75 Å². The Labute approximate surface area is 126 Å². The van der Waals surface area contributed by atoms with Gasteiger partial charge in [0.2, 0.25) is 10.0 Å². The molecule has 4 nitrogen and oxygen atoms in total. The van der Waals surface area contributed by atoms with Crippen LogP contribution in [0.15, 0.2) is 24.3 Å². The van der Waals surface area contributed by atoms with Crippen LogP contribution in [0.2, 0.25) is 0 Å². The van der Waals surface area contributed by atoms with Gasteiger partial charge in [-0.15, -0.1) is 0 Å². The number of rotatable bonds is 6. The van der Waals surface area contributed by atoms with Crippen LogP contribution >= 0.6 is 0 Å². The third-order valence-corrected chi connectivity index (χ3v) is 6.12. The summed E-state index contributed by atoms with van der Waals surface area (Å²) in [5.41, 5.74) is 1.23. The Kier molecular flexibility index (Phi) is 3.78. The molecule has 1 aromatic carbocycles. The van der Waals surface area contributed by atoms with E-state index in [9.17, 15) is 13.2 Å². The van der Waals surface area contributed by atoms with E-state index in [2.05, 4.69) is 4.72 Å². The van der Waals surface area contributed by atoms with Crippen LogP contribution < -0.4 is 4.72 Å². The van der Waals surface area contributed by atoms with Gasteiger partial charge in [-0.1, -0.05) is 13.3 Å². The van der Waals surface area contributed by atoms with Gasteiger partial charge in [-0.2, -0.15) is 0 Å². The number of ketones is 1. The van der Waals surface area contributed by atoms with Crippen LogP contribution in [0.25, 0.3) is 0 Å². The molecule has 0 aliphatic heterocycles. The van der Waals surface area contributed by atoms with Gasteiger partial charge >= 0.3 is 0 Å². The molecule has 21 heavy (non-hydrogen) atoms. The zero-order chi connectivity index (χ0) is 15.0. The summed E-state index contributed by atoms with van der Waals surface area (Å²) in [7, 11) is -3.27. The molecule has 2 aliphatic rings. The summed E-state index contributed by atoms with van der Waals surface area (Å²) in [6, 6.07) is 6.83. The summed E-state index contributed by atoms with van der Waals surface area (Å²) in [4.78, 5) is 12.4. The smallest absolute Gasteiger partial charge is 0.232 e. The number of Topliss-reactive ketones (excluding diaryl/α,β-unsaturated/α-hetero) is 1. The highest BCUT2D eigenvalue weighted by molar-refractivity contribution is 7.92. The number of fused-ring (bicyclic) bond motifs is 1. The minimum absolute atomic E-state index is 0.110. The summed E-state index contributed by atoms with van der Waals surface area (Å²) in [6.07, 6.45) is 4.22. The van der Waals surface area contributed by atoms with Gasteiger partial charge in [-0.25, -0.2) is 8.42 Å². The van der Waals surface area contributed by atoms with Crippen molar-refractivity contribution < 1.29 is 13.2 Å². The van der Waals surface area contributed by atoms with Crippen LogP contribution in [-0.4, -0.2) is 20.0 Å². The third kappa shape index (κ3) is 2.98. The minimum atomic E-state index is -3.27. The Morgan fingerprint density at radius 2 is 1.81 bits per heavy atom. The van der Waals surface area contributed by atoms with Gasteiger partial charge in [-0.05, 0) is 55.4 Å². The maximum atomic E-state index is 12.4. The number of sulfonamides is 1. The quantitative estimate of drug-likeness (QED) is 0.822. The van der Waals surface area contributed by atoms with Crippen molar-refractivity contribution >= 4 is 21.5 Å². The van der Waals surface area contributed by atoms with Crippen LogP contribution in [0, 0.1) is 17.8 Å². The fourth-order valence-electron chi connectivity index (χ4n) is 3.60. The number of carbonyl (C=O) groups is 1. The number of anilines is 1. The normalized spacial score (nSPS) is 27.2. The first kappa shape index (κ1) is 14.6. The largest absolute Gasteiger partial charge is 0.294 e. The van der Waals surface area contributed by atoms with Crippen molar-refractivity contribution in [3.63, 3.8) is 0 Å². The molecule has 1 aromatic rings. The predicted molar refractivity (Wildman–Crippen MR) is 82.8 cm³/mol. The Bertz CT molecular complexity index is 626. The number of nitrogens with one attached hydrogen (secondary N) is 1. The molecule has 3 rings (SSSR count). The monoisotopic (exact) mass is 307 g/mol. The topological polar surface area (TPSA) is 63.2 Å². The highest BCUT2D eigenvalue weighted by Crippen LogP contribution is 2.58. The summed E-state index contributed by atoms with van der Waals surface area (Å²) >= 11 is 0. The second kappa shape index (κ2) is 5.44. The zero-order valence-corrected chi connectivity index (χ0v) is 13.0. The van der Waals surface area contributed by atoms with Crippen LogP contribution in [0.1, 0.15) is 43.0 Å². The maximum absolute atomic E-state index is 12.4. The first-order chi connectivity index (χ1) is 10.0. The van der Waals surface area contributed by atoms with Crippen LogP contribution in [0.5, 0.6) is 0 Å². The van der Waals surface area contributed by atoms with Gasteiger partial charge in [0.25, 0.3) is 0 Å². The summed E-state index contributed by atoms with van der Waals surface area (Å²) < 4.78 is 25.9. The van der Waals surface area contributed by atoms with Gasteiger partial charge in [0.15, 0.2) is 5.78 Å². The van der Waals surface area contributed by atoms with E-state index in [1.165, 1.54) is 19.3 Å². The van der Waals surface area contributed by atoms with Crippen molar-refractivity contribution in [2.75, 3.05) is 10.5 Å². The average molecular weight is 307 g/mol. The molecule has 0 bridgehead atoms. The van der Waals surface area contributed by atoms with Crippen LogP contribution in [-0.2, 0) is 10.0 Å². The van der Waals surface area contributed by atoms with Crippen molar-refractivity contribution in [3.8, 4) is 0 Å². The first-order valence-corrected chi connectivity index (χ1v) is 9.32. The van der Waals surface area contributed by atoms with E-state index in [1.807, 2.05) is 6.92 Å². The van der Waals surface area contributed by atoms with Crippen LogP contribution in [0.3, 0.4) is 0 Å². The number of benzene rings is 1. The molecule has 0 radical (unpaired) electrons. The number of hydrogen-bond donors (Lipinski definition) is 1. The highest BCUT2D eigenvalue weighted by atomic mass is 32.2. The van der Waals surface area contributed by atoms with Gasteiger partial charge < -0.3 is 0 Å².